The number of alkyl halides is 3. The third-order valence-corrected chi connectivity index (χ3v) is 8.88. The predicted octanol–water partition coefficient (Wildman–Crippen LogP) is 10.9. The average Bonchev–Trinajstić information content (AvgIpc) is 3.64. The second kappa shape index (κ2) is 9.29. The molecule has 0 aliphatic heterocycles. The highest BCUT2D eigenvalue weighted by molar-refractivity contribution is 7.17. The number of hydrogen-bond acceptors (Lipinski definition) is 2. The topological polar surface area (TPSA) is 17.8 Å². The fourth-order valence-corrected chi connectivity index (χ4v) is 6.92. The highest BCUT2D eigenvalue weighted by atomic mass is 32.1. The van der Waals surface area contributed by atoms with E-state index in [2.05, 4.69) is 53.9 Å². The molecule has 0 aliphatic carbocycles. The van der Waals surface area contributed by atoms with Crippen LogP contribution in [0.5, 0.6) is 0 Å². The minimum absolute atomic E-state index is 0.619. The minimum Gasteiger partial charge on any atom is -0.292 e. The Morgan fingerprint density at radius 3 is 1.83 bits per heavy atom. The highest BCUT2D eigenvalue weighted by Gasteiger charge is 2.30. The summed E-state index contributed by atoms with van der Waals surface area (Å²) >= 11 is 1.72. The number of nitrogens with zero attached hydrogens (tertiary/aromatic N) is 2. The van der Waals surface area contributed by atoms with Crippen molar-refractivity contribution in [3.8, 4) is 28.2 Å². The SMILES string of the molecule is FC(F)(F)c1ccc(-n2c(-c3ccc(-c4csc5ccccc45)cc3)nc3c4ccccc4c4ccccc4c32)cc1. The van der Waals surface area contributed by atoms with Crippen molar-refractivity contribution in [2.24, 2.45) is 0 Å². The lowest BCUT2D eigenvalue weighted by atomic mass is 10.00. The van der Waals surface area contributed by atoms with E-state index in [4.69, 9.17) is 4.98 Å². The van der Waals surface area contributed by atoms with Gasteiger partial charge in [-0.3, -0.25) is 4.57 Å². The fraction of sp³-hybridized carbons (Fsp3) is 0.0278. The van der Waals surface area contributed by atoms with Gasteiger partial charge in [-0.05, 0) is 52.0 Å². The number of benzene rings is 6. The van der Waals surface area contributed by atoms with E-state index < -0.39 is 11.7 Å². The van der Waals surface area contributed by atoms with Crippen LogP contribution in [0, 0.1) is 0 Å². The van der Waals surface area contributed by atoms with Crippen LogP contribution in [-0.2, 0) is 6.18 Å². The predicted molar refractivity (Wildman–Crippen MR) is 167 cm³/mol. The number of rotatable bonds is 3. The molecule has 0 saturated heterocycles. The number of imidazole rings is 1. The Bertz CT molecular complexity index is 2280. The number of hydrogen-bond donors (Lipinski definition) is 0. The second-order valence-corrected chi connectivity index (χ2v) is 11.2. The van der Waals surface area contributed by atoms with Crippen LogP contribution in [0.1, 0.15) is 5.56 Å². The Hall–Kier alpha value is -4.94. The van der Waals surface area contributed by atoms with E-state index in [1.54, 1.807) is 11.3 Å². The summed E-state index contributed by atoms with van der Waals surface area (Å²) in [6.07, 6.45) is -4.41. The summed E-state index contributed by atoms with van der Waals surface area (Å²) in [6, 6.07) is 38.3. The van der Waals surface area contributed by atoms with Gasteiger partial charge in [-0.1, -0.05) is 91.0 Å². The molecule has 0 spiro atoms. The molecule has 202 valence electrons. The maximum absolute atomic E-state index is 13.5. The Labute approximate surface area is 242 Å². The molecule has 2 nitrogen and oxygen atoms in total. The lowest BCUT2D eigenvalue weighted by molar-refractivity contribution is -0.137. The molecule has 0 fully saturated rings. The first-order valence-corrected chi connectivity index (χ1v) is 14.4. The van der Waals surface area contributed by atoms with Gasteiger partial charge in [0.05, 0.1) is 16.6 Å². The average molecular weight is 571 g/mol. The molecule has 0 N–H and O–H groups in total. The van der Waals surface area contributed by atoms with Crippen LogP contribution < -0.4 is 0 Å². The molecule has 0 radical (unpaired) electrons. The van der Waals surface area contributed by atoms with Crippen molar-refractivity contribution in [1.82, 2.24) is 9.55 Å². The first-order chi connectivity index (χ1) is 20.5. The van der Waals surface area contributed by atoms with Crippen LogP contribution in [0.4, 0.5) is 13.2 Å². The van der Waals surface area contributed by atoms with E-state index in [0.29, 0.717) is 11.5 Å². The lowest BCUT2D eigenvalue weighted by Gasteiger charge is -2.14. The summed E-state index contributed by atoms with van der Waals surface area (Å²) in [5, 5.41) is 7.54. The summed E-state index contributed by atoms with van der Waals surface area (Å²) in [6.45, 7) is 0. The lowest BCUT2D eigenvalue weighted by Crippen LogP contribution is -2.05. The molecule has 0 atom stereocenters. The Morgan fingerprint density at radius 2 is 1.14 bits per heavy atom. The van der Waals surface area contributed by atoms with Crippen molar-refractivity contribution in [3.63, 3.8) is 0 Å². The number of thiophene rings is 1. The maximum Gasteiger partial charge on any atom is 0.416 e. The third-order valence-electron chi connectivity index (χ3n) is 7.92. The molecule has 6 heteroatoms. The van der Waals surface area contributed by atoms with Gasteiger partial charge in [0.25, 0.3) is 0 Å². The van der Waals surface area contributed by atoms with Gasteiger partial charge in [-0.25, -0.2) is 4.98 Å². The molecule has 8 rings (SSSR count). The van der Waals surface area contributed by atoms with E-state index in [1.165, 1.54) is 27.8 Å². The summed E-state index contributed by atoms with van der Waals surface area (Å²) in [5.41, 5.74) is 4.77. The van der Waals surface area contributed by atoms with Crippen molar-refractivity contribution < 1.29 is 13.2 Å². The van der Waals surface area contributed by atoms with Crippen molar-refractivity contribution in [3.05, 3.63) is 132 Å². The fourth-order valence-electron chi connectivity index (χ4n) is 5.95. The standard InChI is InChI=1S/C36H21F3N2S/c37-36(38,39)24-17-19-25(20-18-24)41-34-30-11-4-2-8-27(30)26-7-1-3-10-29(26)33(34)40-35(41)23-15-13-22(14-16-23)31-21-42-32-12-6-5-9-28(31)32/h1-21H. The molecular formula is C36H21F3N2S. The van der Waals surface area contributed by atoms with E-state index in [-0.39, 0.29) is 0 Å². The van der Waals surface area contributed by atoms with Gasteiger partial charge >= 0.3 is 6.18 Å². The number of halogens is 3. The first-order valence-electron chi connectivity index (χ1n) is 13.5. The van der Waals surface area contributed by atoms with Crippen molar-refractivity contribution in [2.75, 3.05) is 0 Å². The number of fused-ring (bicyclic) bond motifs is 7. The second-order valence-electron chi connectivity index (χ2n) is 10.3. The molecule has 2 aromatic heterocycles. The van der Waals surface area contributed by atoms with E-state index in [0.717, 1.165) is 55.8 Å². The molecule has 0 aliphatic rings. The third kappa shape index (κ3) is 3.83. The quantitative estimate of drug-likeness (QED) is 0.193. The summed E-state index contributed by atoms with van der Waals surface area (Å²) in [4.78, 5) is 5.19. The van der Waals surface area contributed by atoms with Gasteiger partial charge in [0.1, 0.15) is 5.82 Å². The highest BCUT2D eigenvalue weighted by Crippen LogP contribution is 2.40. The van der Waals surface area contributed by atoms with E-state index in [9.17, 15) is 13.2 Å². The van der Waals surface area contributed by atoms with Gasteiger partial charge < -0.3 is 0 Å². The van der Waals surface area contributed by atoms with Gasteiger partial charge in [0.15, 0.2) is 0 Å². The monoisotopic (exact) mass is 570 g/mol. The van der Waals surface area contributed by atoms with Crippen LogP contribution >= 0.6 is 11.3 Å². The Balaban J connectivity index is 1.40. The molecule has 0 saturated carbocycles. The zero-order valence-corrected chi connectivity index (χ0v) is 22.9. The molecule has 0 unspecified atom stereocenters. The van der Waals surface area contributed by atoms with Gasteiger partial charge in [-0.15, -0.1) is 11.3 Å². The normalized spacial score (nSPS) is 12.2. The smallest absolute Gasteiger partial charge is 0.292 e. The molecule has 8 aromatic rings. The maximum atomic E-state index is 13.5. The Kier molecular flexibility index (Phi) is 5.49. The van der Waals surface area contributed by atoms with Crippen LogP contribution in [-0.4, -0.2) is 9.55 Å². The Morgan fingerprint density at radius 1 is 0.571 bits per heavy atom. The van der Waals surface area contributed by atoms with Crippen molar-refractivity contribution in [2.45, 2.75) is 6.18 Å². The van der Waals surface area contributed by atoms with Crippen LogP contribution in [0.2, 0.25) is 0 Å². The van der Waals surface area contributed by atoms with Gasteiger partial charge in [-0.2, -0.15) is 13.2 Å². The molecule has 0 amide bonds. The van der Waals surface area contributed by atoms with Crippen LogP contribution in [0.3, 0.4) is 0 Å². The molecule has 6 aromatic carbocycles. The van der Waals surface area contributed by atoms with E-state index >= 15 is 0 Å². The van der Waals surface area contributed by atoms with Crippen LogP contribution in [0.25, 0.3) is 70.9 Å². The number of aromatic nitrogens is 2. The minimum atomic E-state index is -4.41. The molecule has 2 heterocycles. The molecular weight excluding hydrogens is 549 g/mol. The molecule has 42 heavy (non-hydrogen) atoms. The summed E-state index contributed by atoms with van der Waals surface area (Å²) in [7, 11) is 0. The van der Waals surface area contributed by atoms with Gasteiger partial charge in [0, 0.05) is 37.7 Å². The van der Waals surface area contributed by atoms with Crippen molar-refractivity contribution in [1.29, 1.82) is 0 Å². The van der Waals surface area contributed by atoms with Crippen molar-refractivity contribution >= 4 is 54.0 Å². The zero-order valence-electron chi connectivity index (χ0n) is 22.1. The summed E-state index contributed by atoms with van der Waals surface area (Å²) in [5.74, 6) is 0.674. The summed E-state index contributed by atoms with van der Waals surface area (Å²) < 4.78 is 43.7. The van der Waals surface area contributed by atoms with Gasteiger partial charge in [0.2, 0.25) is 0 Å². The first kappa shape index (κ1) is 24.8. The largest absolute Gasteiger partial charge is 0.416 e. The van der Waals surface area contributed by atoms with Crippen LogP contribution in [0.15, 0.2) is 127 Å². The molecule has 0 bridgehead atoms. The van der Waals surface area contributed by atoms with E-state index in [1.807, 2.05) is 53.1 Å². The zero-order chi connectivity index (χ0) is 28.4.